The Morgan fingerprint density at radius 2 is 1.74 bits per heavy atom. The molecule has 96 valence electrons. The SMILES string of the molecule is C=C(C)c1cccc(OCC(=O)c2ccccc2)c1. The summed E-state index contributed by atoms with van der Waals surface area (Å²) in [5.74, 6) is 0.658. The van der Waals surface area contributed by atoms with Crippen molar-refractivity contribution < 1.29 is 9.53 Å². The van der Waals surface area contributed by atoms with Crippen molar-refractivity contribution in [2.45, 2.75) is 6.92 Å². The highest BCUT2D eigenvalue weighted by Crippen LogP contribution is 2.18. The second kappa shape index (κ2) is 6.01. The average Bonchev–Trinajstić information content (AvgIpc) is 2.46. The molecule has 0 spiro atoms. The lowest BCUT2D eigenvalue weighted by Gasteiger charge is -2.07. The van der Waals surface area contributed by atoms with Gasteiger partial charge in [0.2, 0.25) is 0 Å². The highest BCUT2D eigenvalue weighted by atomic mass is 16.5. The van der Waals surface area contributed by atoms with E-state index in [1.54, 1.807) is 12.1 Å². The van der Waals surface area contributed by atoms with E-state index < -0.39 is 0 Å². The summed E-state index contributed by atoms with van der Waals surface area (Å²) in [6.07, 6.45) is 0. The number of allylic oxidation sites excluding steroid dienone is 1. The molecule has 0 aliphatic rings. The normalized spacial score (nSPS) is 9.95. The van der Waals surface area contributed by atoms with E-state index in [-0.39, 0.29) is 12.4 Å². The molecule has 2 nitrogen and oxygen atoms in total. The Labute approximate surface area is 113 Å². The standard InChI is InChI=1S/C17H16O2/c1-13(2)15-9-6-10-16(11-15)19-12-17(18)14-7-4-3-5-8-14/h3-11H,1,12H2,2H3. The molecule has 0 radical (unpaired) electrons. The van der Waals surface area contributed by atoms with Gasteiger partial charge in [0.25, 0.3) is 0 Å². The first kappa shape index (κ1) is 13.1. The quantitative estimate of drug-likeness (QED) is 0.752. The molecule has 0 atom stereocenters. The van der Waals surface area contributed by atoms with Crippen LogP contribution in [-0.2, 0) is 0 Å². The van der Waals surface area contributed by atoms with Crippen LogP contribution in [0, 0.1) is 0 Å². The molecule has 19 heavy (non-hydrogen) atoms. The van der Waals surface area contributed by atoms with E-state index in [1.165, 1.54) is 0 Å². The van der Waals surface area contributed by atoms with Gasteiger partial charge in [-0.3, -0.25) is 4.79 Å². The lowest BCUT2D eigenvalue weighted by molar-refractivity contribution is 0.0921. The summed E-state index contributed by atoms with van der Waals surface area (Å²) in [6, 6.07) is 16.7. The summed E-state index contributed by atoms with van der Waals surface area (Å²) in [5.41, 5.74) is 2.66. The predicted octanol–water partition coefficient (Wildman–Crippen LogP) is 3.98. The third-order valence-corrected chi connectivity index (χ3v) is 2.79. The van der Waals surface area contributed by atoms with Crippen molar-refractivity contribution in [3.63, 3.8) is 0 Å². The maximum atomic E-state index is 11.9. The number of carbonyl (C=O) groups is 1. The molecule has 2 heteroatoms. The lowest BCUT2D eigenvalue weighted by atomic mass is 10.1. The number of hydrogen-bond acceptors (Lipinski definition) is 2. The summed E-state index contributed by atoms with van der Waals surface area (Å²) < 4.78 is 5.52. The van der Waals surface area contributed by atoms with Crippen LogP contribution < -0.4 is 4.74 Å². The van der Waals surface area contributed by atoms with Crippen LogP contribution in [0.15, 0.2) is 61.2 Å². The molecule has 0 unspecified atom stereocenters. The molecule has 2 rings (SSSR count). The number of benzene rings is 2. The molecule has 0 amide bonds. The molecule has 0 bridgehead atoms. The molecule has 0 aliphatic heterocycles. The number of Topliss-reactive ketones (excluding diaryl/α,β-unsaturated/α-hetero) is 1. The minimum absolute atomic E-state index is 0.0265. The van der Waals surface area contributed by atoms with Crippen LogP contribution >= 0.6 is 0 Å². The van der Waals surface area contributed by atoms with Crippen LogP contribution in [0.2, 0.25) is 0 Å². The Balaban J connectivity index is 2.01. The van der Waals surface area contributed by atoms with Crippen LogP contribution in [0.3, 0.4) is 0 Å². The van der Waals surface area contributed by atoms with Gasteiger partial charge < -0.3 is 4.74 Å². The van der Waals surface area contributed by atoms with Crippen molar-refractivity contribution in [1.82, 2.24) is 0 Å². The van der Waals surface area contributed by atoms with Gasteiger partial charge in [0.05, 0.1) is 0 Å². The zero-order valence-electron chi connectivity index (χ0n) is 10.9. The van der Waals surface area contributed by atoms with Gasteiger partial charge >= 0.3 is 0 Å². The molecular weight excluding hydrogens is 236 g/mol. The van der Waals surface area contributed by atoms with E-state index >= 15 is 0 Å². The van der Waals surface area contributed by atoms with Crippen molar-refractivity contribution in [2.24, 2.45) is 0 Å². The van der Waals surface area contributed by atoms with Crippen molar-refractivity contribution >= 4 is 11.4 Å². The molecule has 0 aliphatic carbocycles. The topological polar surface area (TPSA) is 26.3 Å². The molecule has 0 saturated heterocycles. The second-order valence-corrected chi connectivity index (χ2v) is 4.39. The number of hydrogen-bond donors (Lipinski definition) is 0. The van der Waals surface area contributed by atoms with Crippen LogP contribution in [0.4, 0.5) is 0 Å². The van der Waals surface area contributed by atoms with Crippen LogP contribution in [0.25, 0.3) is 5.57 Å². The Morgan fingerprint density at radius 1 is 1.05 bits per heavy atom. The minimum Gasteiger partial charge on any atom is -0.485 e. The zero-order valence-corrected chi connectivity index (χ0v) is 10.9. The molecular formula is C17H16O2. The van der Waals surface area contributed by atoms with Gasteiger partial charge in [-0.25, -0.2) is 0 Å². The Hall–Kier alpha value is -2.35. The first-order valence-corrected chi connectivity index (χ1v) is 6.14. The van der Waals surface area contributed by atoms with Crippen molar-refractivity contribution in [2.75, 3.05) is 6.61 Å². The minimum atomic E-state index is -0.0265. The van der Waals surface area contributed by atoms with E-state index in [9.17, 15) is 4.79 Å². The Bertz CT molecular complexity index is 585. The number of rotatable bonds is 5. The second-order valence-electron chi connectivity index (χ2n) is 4.39. The fourth-order valence-corrected chi connectivity index (χ4v) is 1.71. The molecule has 2 aromatic carbocycles. The van der Waals surface area contributed by atoms with Crippen LogP contribution in [0.5, 0.6) is 5.75 Å². The maximum absolute atomic E-state index is 11.9. The first-order valence-electron chi connectivity index (χ1n) is 6.14. The van der Waals surface area contributed by atoms with E-state index in [0.29, 0.717) is 11.3 Å². The zero-order chi connectivity index (χ0) is 13.7. The van der Waals surface area contributed by atoms with Crippen molar-refractivity contribution in [3.05, 3.63) is 72.3 Å². The largest absolute Gasteiger partial charge is 0.485 e. The van der Waals surface area contributed by atoms with E-state index in [1.807, 2.05) is 49.4 Å². The van der Waals surface area contributed by atoms with Crippen LogP contribution in [-0.4, -0.2) is 12.4 Å². The van der Waals surface area contributed by atoms with Gasteiger partial charge in [-0.15, -0.1) is 0 Å². The number of ether oxygens (including phenoxy) is 1. The Kier molecular flexibility index (Phi) is 4.14. The third-order valence-electron chi connectivity index (χ3n) is 2.79. The van der Waals surface area contributed by atoms with Crippen LogP contribution in [0.1, 0.15) is 22.8 Å². The summed E-state index contributed by atoms with van der Waals surface area (Å²) in [4.78, 5) is 11.9. The molecule has 0 N–H and O–H groups in total. The van der Waals surface area contributed by atoms with E-state index in [0.717, 1.165) is 11.1 Å². The van der Waals surface area contributed by atoms with E-state index in [4.69, 9.17) is 4.74 Å². The number of carbonyl (C=O) groups excluding carboxylic acids is 1. The lowest BCUT2D eigenvalue weighted by Crippen LogP contribution is -2.11. The molecule has 0 heterocycles. The summed E-state index contributed by atoms with van der Waals surface area (Å²) in [7, 11) is 0. The summed E-state index contributed by atoms with van der Waals surface area (Å²) in [6.45, 7) is 5.87. The van der Waals surface area contributed by atoms with Crippen molar-refractivity contribution in [3.8, 4) is 5.75 Å². The summed E-state index contributed by atoms with van der Waals surface area (Å²) >= 11 is 0. The third kappa shape index (κ3) is 3.55. The highest BCUT2D eigenvalue weighted by molar-refractivity contribution is 5.97. The van der Waals surface area contributed by atoms with E-state index in [2.05, 4.69) is 6.58 Å². The predicted molar refractivity (Wildman–Crippen MR) is 77.4 cm³/mol. The van der Waals surface area contributed by atoms with Crippen molar-refractivity contribution in [1.29, 1.82) is 0 Å². The van der Waals surface area contributed by atoms with Gasteiger partial charge in [-0.05, 0) is 24.6 Å². The van der Waals surface area contributed by atoms with Gasteiger partial charge in [0.15, 0.2) is 12.4 Å². The average molecular weight is 252 g/mol. The fraction of sp³-hybridized carbons (Fsp3) is 0.118. The molecule has 0 saturated carbocycles. The molecule has 0 fully saturated rings. The Morgan fingerprint density at radius 3 is 2.42 bits per heavy atom. The van der Waals surface area contributed by atoms with Gasteiger partial charge in [-0.1, -0.05) is 54.6 Å². The van der Waals surface area contributed by atoms with Gasteiger partial charge in [0, 0.05) is 5.56 Å². The number of ketones is 1. The first-order chi connectivity index (χ1) is 9.16. The van der Waals surface area contributed by atoms with Gasteiger partial charge in [0.1, 0.15) is 5.75 Å². The summed E-state index contributed by atoms with van der Waals surface area (Å²) in [5, 5.41) is 0. The fourth-order valence-electron chi connectivity index (χ4n) is 1.71. The molecule has 0 aromatic heterocycles. The smallest absolute Gasteiger partial charge is 0.200 e. The maximum Gasteiger partial charge on any atom is 0.200 e. The monoisotopic (exact) mass is 252 g/mol. The molecule has 2 aromatic rings. The highest BCUT2D eigenvalue weighted by Gasteiger charge is 2.06. The van der Waals surface area contributed by atoms with Gasteiger partial charge in [-0.2, -0.15) is 0 Å².